The molecular weight excluding hydrogens is 324 g/mol. The fourth-order valence-corrected chi connectivity index (χ4v) is 2.21. The van der Waals surface area contributed by atoms with Gasteiger partial charge in [-0.3, -0.25) is 4.79 Å². The average molecular weight is 350 g/mol. The van der Waals surface area contributed by atoms with Gasteiger partial charge in [0.1, 0.15) is 6.04 Å². The van der Waals surface area contributed by atoms with E-state index >= 15 is 0 Å². The standard InChI is InChI=1S/C18H26N2O5/c1-10(2)15(20-18(24)25-11(3)4)16(21)19-12(5)13-6-8-14(9-7-13)17(22)23/h6-12,15H,1-5H3,(H,19,21)(H,20,24)(H,22,23)/t12?,15-/m0/s1. The van der Waals surface area contributed by atoms with Gasteiger partial charge in [0.25, 0.3) is 0 Å². The molecule has 0 aliphatic rings. The number of aromatic carboxylic acids is 1. The molecule has 0 radical (unpaired) electrons. The number of benzene rings is 1. The van der Waals surface area contributed by atoms with Crippen LogP contribution in [0.25, 0.3) is 0 Å². The van der Waals surface area contributed by atoms with Gasteiger partial charge >= 0.3 is 12.1 Å². The Labute approximate surface area is 147 Å². The molecule has 1 aromatic rings. The maximum Gasteiger partial charge on any atom is 0.408 e. The molecule has 2 amide bonds. The summed E-state index contributed by atoms with van der Waals surface area (Å²) in [7, 11) is 0. The Balaban J connectivity index is 2.75. The van der Waals surface area contributed by atoms with Gasteiger partial charge in [-0.05, 0) is 44.4 Å². The summed E-state index contributed by atoms with van der Waals surface area (Å²) in [5.41, 5.74) is 0.950. The number of carboxylic acid groups (broad SMARTS) is 1. The lowest BCUT2D eigenvalue weighted by Crippen LogP contribution is -2.50. The first-order valence-electron chi connectivity index (χ1n) is 8.22. The molecule has 7 nitrogen and oxygen atoms in total. The van der Waals surface area contributed by atoms with Crippen molar-refractivity contribution in [2.75, 3.05) is 0 Å². The van der Waals surface area contributed by atoms with Crippen molar-refractivity contribution in [3.05, 3.63) is 35.4 Å². The van der Waals surface area contributed by atoms with E-state index in [-0.39, 0.29) is 29.5 Å². The van der Waals surface area contributed by atoms with Crippen molar-refractivity contribution in [1.29, 1.82) is 0 Å². The van der Waals surface area contributed by atoms with E-state index in [1.54, 1.807) is 32.9 Å². The molecule has 0 spiro atoms. The lowest BCUT2D eigenvalue weighted by molar-refractivity contribution is -0.124. The second kappa shape index (κ2) is 9.05. The van der Waals surface area contributed by atoms with E-state index in [2.05, 4.69) is 10.6 Å². The van der Waals surface area contributed by atoms with E-state index in [9.17, 15) is 14.4 Å². The van der Waals surface area contributed by atoms with Crippen LogP contribution in [-0.2, 0) is 9.53 Å². The Morgan fingerprint density at radius 2 is 1.52 bits per heavy atom. The van der Waals surface area contributed by atoms with Crippen LogP contribution in [0.15, 0.2) is 24.3 Å². The third kappa shape index (κ3) is 6.45. The molecule has 0 aliphatic heterocycles. The number of amides is 2. The van der Waals surface area contributed by atoms with Crippen LogP contribution in [0.4, 0.5) is 4.79 Å². The van der Waals surface area contributed by atoms with Gasteiger partial charge in [0, 0.05) is 0 Å². The Bertz CT molecular complexity index is 610. The molecule has 3 N–H and O–H groups in total. The van der Waals surface area contributed by atoms with Crippen molar-refractivity contribution in [1.82, 2.24) is 10.6 Å². The third-order valence-corrected chi connectivity index (χ3v) is 3.58. The first kappa shape index (κ1) is 20.5. The summed E-state index contributed by atoms with van der Waals surface area (Å²) in [5, 5.41) is 14.3. The number of carbonyl (C=O) groups is 3. The molecule has 1 rings (SSSR count). The Kier molecular flexibility index (Phi) is 7.42. The minimum Gasteiger partial charge on any atom is -0.478 e. The zero-order chi connectivity index (χ0) is 19.1. The highest BCUT2D eigenvalue weighted by Gasteiger charge is 2.26. The maximum atomic E-state index is 12.5. The topological polar surface area (TPSA) is 105 Å². The van der Waals surface area contributed by atoms with E-state index in [0.29, 0.717) is 0 Å². The molecule has 0 saturated heterocycles. The van der Waals surface area contributed by atoms with Gasteiger partial charge in [-0.15, -0.1) is 0 Å². The van der Waals surface area contributed by atoms with Gasteiger partial charge in [-0.1, -0.05) is 26.0 Å². The normalized spacial score (nSPS) is 13.2. The van der Waals surface area contributed by atoms with Gasteiger partial charge in [-0.25, -0.2) is 9.59 Å². The third-order valence-electron chi connectivity index (χ3n) is 3.58. The second-order valence-corrected chi connectivity index (χ2v) is 6.48. The summed E-state index contributed by atoms with van der Waals surface area (Å²) in [6.45, 7) is 8.90. The maximum absolute atomic E-state index is 12.5. The molecule has 1 unspecified atom stereocenters. The van der Waals surface area contributed by atoms with E-state index in [4.69, 9.17) is 9.84 Å². The molecule has 138 valence electrons. The fourth-order valence-electron chi connectivity index (χ4n) is 2.21. The predicted molar refractivity (Wildman–Crippen MR) is 93.3 cm³/mol. The highest BCUT2D eigenvalue weighted by Crippen LogP contribution is 2.14. The molecule has 0 aromatic heterocycles. The van der Waals surface area contributed by atoms with E-state index < -0.39 is 18.1 Å². The SMILES string of the molecule is CC(C)OC(=O)N[C@H](C(=O)NC(C)c1ccc(C(=O)O)cc1)C(C)C. The molecule has 0 heterocycles. The van der Waals surface area contributed by atoms with Crippen LogP contribution in [0.5, 0.6) is 0 Å². The number of hydrogen-bond acceptors (Lipinski definition) is 4. The minimum atomic E-state index is -1.00. The fraction of sp³-hybridized carbons (Fsp3) is 0.500. The summed E-state index contributed by atoms with van der Waals surface area (Å²) >= 11 is 0. The van der Waals surface area contributed by atoms with E-state index in [0.717, 1.165) is 5.56 Å². The quantitative estimate of drug-likeness (QED) is 0.701. The zero-order valence-electron chi connectivity index (χ0n) is 15.2. The predicted octanol–water partition coefficient (Wildman–Crippen LogP) is 2.72. The van der Waals surface area contributed by atoms with Crippen LogP contribution < -0.4 is 10.6 Å². The summed E-state index contributed by atoms with van der Waals surface area (Å²) in [6, 6.07) is 5.21. The van der Waals surface area contributed by atoms with E-state index in [1.807, 2.05) is 13.8 Å². The molecule has 7 heteroatoms. The molecule has 25 heavy (non-hydrogen) atoms. The first-order chi connectivity index (χ1) is 11.6. The molecule has 0 fully saturated rings. The van der Waals surface area contributed by atoms with Gasteiger partial charge in [-0.2, -0.15) is 0 Å². The van der Waals surface area contributed by atoms with Crippen molar-refractivity contribution in [2.24, 2.45) is 5.92 Å². The minimum absolute atomic E-state index is 0.124. The number of hydrogen-bond donors (Lipinski definition) is 3. The number of rotatable bonds is 7. The van der Waals surface area contributed by atoms with Crippen LogP contribution >= 0.6 is 0 Å². The average Bonchev–Trinajstić information content (AvgIpc) is 2.51. The van der Waals surface area contributed by atoms with Crippen LogP contribution in [0.1, 0.15) is 56.6 Å². The van der Waals surface area contributed by atoms with Gasteiger partial charge in [0.2, 0.25) is 5.91 Å². The summed E-state index contributed by atoms with van der Waals surface area (Å²) in [4.78, 5) is 35.1. The van der Waals surface area contributed by atoms with Crippen molar-refractivity contribution in [3.8, 4) is 0 Å². The second-order valence-electron chi connectivity index (χ2n) is 6.48. The van der Waals surface area contributed by atoms with E-state index in [1.165, 1.54) is 12.1 Å². The number of nitrogens with one attached hydrogen (secondary N) is 2. The van der Waals surface area contributed by atoms with Crippen LogP contribution in [0, 0.1) is 5.92 Å². The summed E-state index contributed by atoms with van der Waals surface area (Å²) in [5.74, 6) is -1.46. The van der Waals surface area contributed by atoms with Gasteiger partial charge < -0.3 is 20.5 Å². The largest absolute Gasteiger partial charge is 0.478 e. The zero-order valence-corrected chi connectivity index (χ0v) is 15.2. The van der Waals surface area contributed by atoms with Crippen LogP contribution in [0.3, 0.4) is 0 Å². The molecule has 2 atom stereocenters. The molecule has 1 aromatic carbocycles. The monoisotopic (exact) mass is 350 g/mol. The molecular formula is C18H26N2O5. The molecule has 0 aliphatic carbocycles. The lowest BCUT2D eigenvalue weighted by atomic mass is 10.0. The summed E-state index contributed by atoms with van der Waals surface area (Å²) in [6.07, 6.45) is -0.912. The highest BCUT2D eigenvalue weighted by atomic mass is 16.6. The van der Waals surface area contributed by atoms with Crippen LogP contribution in [0.2, 0.25) is 0 Å². The lowest BCUT2D eigenvalue weighted by Gasteiger charge is -2.24. The number of carboxylic acids is 1. The molecule has 0 bridgehead atoms. The molecule has 0 saturated carbocycles. The Morgan fingerprint density at radius 3 is 1.96 bits per heavy atom. The number of ether oxygens (including phenoxy) is 1. The van der Waals surface area contributed by atoms with Gasteiger partial charge in [0.05, 0.1) is 17.7 Å². The first-order valence-corrected chi connectivity index (χ1v) is 8.22. The summed E-state index contributed by atoms with van der Waals surface area (Å²) < 4.78 is 5.02. The van der Waals surface area contributed by atoms with Crippen LogP contribution in [-0.4, -0.2) is 35.2 Å². The smallest absolute Gasteiger partial charge is 0.408 e. The Morgan fingerprint density at radius 1 is 0.960 bits per heavy atom. The van der Waals surface area contributed by atoms with Crippen molar-refractivity contribution < 1.29 is 24.2 Å². The van der Waals surface area contributed by atoms with Gasteiger partial charge in [0.15, 0.2) is 0 Å². The van der Waals surface area contributed by atoms with Crippen molar-refractivity contribution >= 4 is 18.0 Å². The van der Waals surface area contributed by atoms with Crippen molar-refractivity contribution in [2.45, 2.75) is 52.8 Å². The number of carbonyl (C=O) groups excluding carboxylic acids is 2. The highest BCUT2D eigenvalue weighted by molar-refractivity contribution is 5.88. The number of alkyl carbamates (subject to hydrolysis) is 1. The Hall–Kier alpha value is -2.57. The van der Waals surface area contributed by atoms with Crippen molar-refractivity contribution in [3.63, 3.8) is 0 Å².